The largest absolute Gasteiger partial charge is 0.329 e. The molecule has 3 aromatic heterocycles. The van der Waals surface area contributed by atoms with Crippen molar-refractivity contribution >= 4 is 22.9 Å². The van der Waals surface area contributed by atoms with Crippen LogP contribution in [0.2, 0.25) is 0 Å². The van der Waals surface area contributed by atoms with Crippen LogP contribution in [0.4, 0.5) is 0 Å². The first-order valence-electron chi connectivity index (χ1n) is 8.17. The summed E-state index contributed by atoms with van der Waals surface area (Å²) in [6, 6.07) is 1.95. The maximum absolute atomic E-state index is 13.2. The number of carbonyl (C=O) groups excluding carboxylic acids is 1. The van der Waals surface area contributed by atoms with Gasteiger partial charge in [-0.15, -0.1) is 11.3 Å². The second-order valence-electron chi connectivity index (χ2n) is 6.23. The first-order chi connectivity index (χ1) is 11.6. The number of thiazole rings is 1. The van der Waals surface area contributed by atoms with Gasteiger partial charge in [-0.05, 0) is 39.2 Å². The molecule has 0 spiro atoms. The van der Waals surface area contributed by atoms with Crippen LogP contribution in [-0.2, 0) is 0 Å². The smallest absolute Gasteiger partial charge is 0.259 e. The highest BCUT2D eigenvalue weighted by Crippen LogP contribution is 2.34. The van der Waals surface area contributed by atoms with Crippen molar-refractivity contribution in [2.45, 2.75) is 39.2 Å². The maximum Gasteiger partial charge on any atom is 0.259 e. The molecule has 4 heterocycles. The van der Waals surface area contributed by atoms with E-state index in [-0.39, 0.29) is 11.9 Å². The van der Waals surface area contributed by atoms with Gasteiger partial charge in [-0.2, -0.15) is 5.10 Å². The molecule has 124 valence electrons. The van der Waals surface area contributed by atoms with E-state index in [0.29, 0.717) is 11.2 Å². The Bertz CT molecular complexity index is 899. The van der Waals surface area contributed by atoms with Crippen LogP contribution >= 0.6 is 11.3 Å². The highest BCUT2D eigenvalue weighted by atomic mass is 32.1. The molecule has 1 fully saturated rings. The third-order valence-corrected chi connectivity index (χ3v) is 5.49. The lowest BCUT2D eigenvalue weighted by atomic mass is 10.0. The summed E-state index contributed by atoms with van der Waals surface area (Å²) in [6.45, 7) is 4.67. The Hall–Kier alpha value is -2.28. The van der Waals surface area contributed by atoms with Gasteiger partial charge in [0, 0.05) is 29.5 Å². The molecule has 1 atom stereocenters. The fourth-order valence-corrected chi connectivity index (χ4v) is 4.16. The van der Waals surface area contributed by atoms with Gasteiger partial charge in [-0.3, -0.25) is 4.79 Å². The van der Waals surface area contributed by atoms with Gasteiger partial charge in [-0.25, -0.2) is 14.5 Å². The van der Waals surface area contributed by atoms with E-state index in [4.69, 9.17) is 0 Å². The predicted octanol–water partition coefficient (Wildman–Crippen LogP) is 3.17. The number of nitrogens with zero attached hydrogens (tertiary/aromatic N) is 5. The number of amides is 1. The topological polar surface area (TPSA) is 63.4 Å². The van der Waals surface area contributed by atoms with Crippen molar-refractivity contribution in [3.05, 3.63) is 45.8 Å². The second-order valence-corrected chi connectivity index (χ2v) is 7.12. The van der Waals surface area contributed by atoms with Crippen LogP contribution in [0.15, 0.2) is 23.8 Å². The summed E-state index contributed by atoms with van der Waals surface area (Å²) in [5.41, 5.74) is 3.09. The molecule has 0 bridgehead atoms. The zero-order valence-electron chi connectivity index (χ0n) is 13.8. The molecule has 7 heteroatoms. The molecule has 6 nitrogen and oxygen atoms in total. The molecule has 24 heavy (non-hydrogen) atoms. The summed E-state index contributed by atoms with van der Waals surface area (Å²) in [4.78, 5) is 24.2. The van der Waals surface area contributed by atoms with Gasteiger partial charge in [0.15, 0.2) is 5.65 Å². The molecule has 3 aromatic rings. The van der Waals surface area contributed by atoms with Gasteiger partial charge in [0.1, 0.15) is 10.6 Å². The van der Waals surface area contributed by atoms with E-state index in [0.717, 1.165) is 42.2 Å². The van der Waals surface area contributed by atoms with Crippen LogP contribution in [-0.4, -0.2) is 36.9 Å². The Morgan fingerprint density at radius 1 is 1.25 bits per heavy atom. The van der Waals surface area contributed by atoms with Crippen molar-refractivity contribution in [3.63, 3.8) is 0 Å². The van der Waals surface area contributed by atoms with Gasteiger partial charge in [0.05, 0.1) is 12.2 Å². The summed E-state index contributed by atoms with van der Waals surface area (Å²) in [6.07, 6.45) is 6.58. The molecule has 0 radical (unpaired) electrons. The van der Waals surface area contributed by atoms with Crippen LogP contribution < -0.4 is 0 Å². The minimum atomic E-state index is 0.000605. The molecule has 0 unspecified atom stereocenters. The van der Waals surface area contributed by atoms with Crippen molar-refractivity contribution in [2.75, 3.05) is 6.54 Å². The van der Waals surface area contributed by atoms with E-state index in [1.54, 1.807) is 22.0 Å². The fraction of sp³-hybridized carbons (Fsp3) is 0.412. The molecule has 1 aliphatic heterocycles. The number of hydrogen-bond donors (Lipinski definition) is 0. The number of likely N-dealkylation sites (tertiary alicyclic amines) is 1. The lowest BCUT2D eigenvalue weighted by Gasteiger charge is -2.34. The van der Waals surface area contributed by atoms with Crippen LogP contribution in [0.1, 0.15) is 52.1 Å². The molecule has 0 N–H and O–H groups in total. The van der Waals surface area contributed by atoms with E-state index >= 15 is 0 Å². The van der Waals surface area contributed by atoms with Crippen molar-refractivity contribution < 1.29 is 4.79 Å². The molecule has 0 saturated carbocycles. The molecular weight excluding hydrogens is 322 g/mol. The summed E-state index contributed by atoms with van der Waals surface area (Å²) in [5, 5.41) is 7.35. The van der Waals surface area contributed by atoms with Crippen LogP contribution in [0.5, 0.6) is 0 Å². The van der Waals surface area contributed by atoms with Crippen LogP contribution in [0, 0.1) is 13.8 Å². The van der Waals surface area contributed by atoms with Crippen molar-refractivity contribution in [1.29, 1.82) is 0 Å². The number of aromatic nitrogens is 4. The van der Waals surface area contributed by atoms with E-state index < -0.39 is 0 Å². The second kappa shape index (κ2) is 5.98. The van der Waals surface area contributed by atoms with E-state index in [2.05, 4.69) is 15.1 Å². The van der Waals surface area contributed by atoms with Gasteiger partial charge in [-0.1, -0.05) is 0 Å². The Labute approximate surface area is 144 Å². The Balaban J connectivity index is 1.71. The van der Waals surface area contributed by atoms with Crippen LogP contribution in [0.25, 0.3) is 5.65 Å². The summed E-state index contributed by atoms with van der Waals surface area (Å²) >= 11 is 1.64. The molecule has 4 rings (SSSR count). The minimum absolute atomic E-state index is 0.000605. The van der Waals surface area contributed by atoms with Gasteiger partial charge in [0.2, 0.25) is 0 Å². The van der Waals surface area contributed by atoms with E-state index in [1.165, 1.54) is 0 Å². The van der Waals surface area contributed by atoms with Crippen molar-refractivity contribution in [3.8, 4) is 0 Å². The average molecular weight is 341 g/mol. The van der Waals surface area contributed by atoms with E-state index in [1.807, 2.05) is 36.4 Å². The maximum atomic E-state index is 13.2. The van der Waals surface area contributed by atoms with Gasteiger partial charge >= 0.3 is 0 Å². The number of hydrogen-bond acceptors (Lipinski definition) is 5. The molecule has 1 aliphatic rings. The fourth-order valence-electron chi connectivity index (χ4n) is 3.22. The molecular formula is C17H19N5OS. The first-order valence-corrected chi connectivity index (χ1v) is 9.05. The normalized spacial score (nSPS) is 18.2. The van der Waals surface area contributed by atoms with Gasteiger partial charge < -0.3 is 4.90 Å². The third-order valence-electron chi connectivity index (χ3n) is 4.42. The highest BCUT2D eigenvalue weighted by Gasteiger charge is 2.32. The highest BCUT2D eigenvalue weighted by molar-refractivity contribution is 7.09. The number of aryl methyl sites for hydroxylation is 2. The lowest BCUT2D eigenvalue weighted by Crippen LogP contribution is -2.38. The molecule has 0 aromatic carbocycles. The predicted molar refractivity (Wildman–Crippen MR) is 92.2 cm³/mol. The number of fused-ring (bicyclic) bond motifs is 1. The molecule has 0 aliphatic carbocycles. The van der Waals surface area contributed by atoms with E-state index in [9.17, 15) is 4.79 Å². The zero-order chi connectivity index (χ0) is 16.7. The SMILES string of the molecule is Cc1csc([C@H]2CCCCN2C(=O)c2cnn3ccc(C)nc23)n1. The lowest BCUT2D eigenvalue weighted by molar-refractivity contribution is 0.0613. The monoisotopic (exact) mass is 341 g/mol. The van der Waals surface area contributed by atoms with Crippen molar-refractivity contribution in [1.82, 2.24) is 24.5 Å². The van der Waals surface area contributed by atoms with Gasteiger partial charge in [0.25, 0.3) is 5.91 Å². The average Bonchev–Trinajstić information content (AvgIpc) is 3.20. The summed E-state index contributed by atoms with van der Waals surface area (Å²) < 4.78 is 1.66. The quantitative estimate of drug-likeness (QED) is 0.718. The summed E-state index contributed by atoms with van der Waals surface area (Å²) in [7, 11) is 0. The third kappa shape index (κ3) is 2.58. The molecule has 1 saturated heterocycles. The number of carbonyl (C=O) groups is 1. The summed E-state index contributed by atoms with van der Waals surface area (Å²) in [5.74, 6) is 0.000605. The van der Waals surface area contributed by atoms with Crippen LogP contribution in [0.3, 0.4) is 0 Å². The van der Waals surface area contributed by atoms with Crippen molar-refractivity contribution in [2.24, 2.45) is 0 Å². The Morgan fingerprint density at radius 3 is 2.92 bits per heavy atom. The standard InChI is InChI=1S/C17H19N5OS/c1-11-6-8-22-15(19-11)13(9-18-22)17(23)21-7-4-3-5-14(21)16-20-12(2)10-24-16/h6,8-10,14H,3-5,7H2,1-2H3/t14-/m1/s1. The minimum Gasteiger partial charge on any atom is -0.329 e. The zero-order valence-corrected chi connectivity index (χ0v) is 14.6. The number of piperidine rings is 1. The first kappa shape index (κ1) is 15.3. The Morgan fingerprint density at radius 2 is 2.12 bits per heavy atom. The Kier molecular flexibility index (Phi) is 3.80. The molecule has 1 amide bonds. The number of rotatable bonds is 2.